The van der Waals surface area contributed by atoms with E-state index in [1.165, 1.54) is 12.1 Å². The van der Waals surface area contributed by atoms with Crippen molar-refractivity contribution in [2.45, 2.75) is 38.3 Å². The van der Waals surface area contributed by atoms with Gasteiger partial charge in [0, 0.05) is 12.0 Å². The van der Waals surface area contributed by atoms with E-state index in [1.54, 1.807) is 6.07 Å². The monoisotopic (exact) mass is 362 g/mol. The lowest BCUT2D eigenvalue weighted by Gasteiger charge is -2.25. The van der Waals surface area contributed by atoms with Crippen molar-refractivity contribution in [2.24, 2.45) is 11.7 Å². The van der Waals surface area contributed by atoms with E-state index in [9.17, 15) is 9.18 Å². The van der Waals surface area contributed by atoms with Gasteiger partial charge in [-0.25, -0.2) is 9.37 Å². The number of carbonyl (C=O) groups excluding carboxylic acids is 1. The Balaban J connectivity index is 0.00000132. The molecule has 1 aliphatic carbocycles. The fourth-order valence-electron chi connectivity index (χ4n) is 2.90. The zero-order valence-corrected chi connectivity index (χ0v) is 14.2. The van der Waals surface area contributed by atoms with E-state index in [0.29, 0.717) is 23.4 Å². The fraction of sp³-hybridized carbons (Fsp3) is 0.467. The fourth-order valence-corrected chi connectivity index (χ4v) is 2.90. The Bertz CT molecular complexity index is 664. The molecule has 1 saturated carbocycles. The summed E-state index contributed by atoms with van der Waals surface area (Å²) in [7, 11) is 0. The Hall–Kier alpha value is -1.37. The number of hydrogen-bond acceptors (Lipinski definition) is 3. The van der Waals surface area contributed by atoms with Crippen LogP contribution in [0.15, 0.2) is 18.2 Å². The van der Waals surface area contributed by atoms with Crippen LogP contribution in [-0.4, -0.2) is 21.9 Å². The summed E-state index contributed by atoms with van der Waals surface area (Å²) in [6.45, 7) is 0.320. The first-order chi connectivity index (χ1) is 10.1. The molecule has 2 atom stereocenters. The quantitative estimate of drug-likeness (QED) is 0.784. The Morgan fingerprint density at radius 1 is 1.39 bits per heavy atom. The lowest BCUT2D eigenvalue weighted by Crippen LogP contribution is -2.37. The minimum absolute atomic E-state index is 0. The summed E-state index contributed by atoms with van der Waals surface area (Å²) in [5, 5.41) is 2.88. The Kier molecular flexibility index (Phi) is 7.25. The molecular weight excluding hydrogens is 342 g/mol. The summed E-state index contributed by atoms with van der Waals surface area (Å²) in [5.41, 5.74) is 7.23. The molecule has 1 aromatic carbocycles. The lowest BCUT2D eigenvalue weighted by atomic mass is 9.85. The molecule has 1 fully saturated rings. The molecule has 8 heteroatoms. The van der Waals surface area contributed by atoms with Crippen molar-refractivity contribution in [2.75, 3.05) is 0 Å². The Morgan fingerprint density at radius 2 is 2.17 bits per heavy atom. The zero-order chi connectivity index (χ0) is 14.8. The van der Waals surface area contributed by atoms with Gasteiger partial charge in [-0.15, -0.1) is 24.8 Å². The maximum Gasteiger partial charge on any atom is 0.223 e. The highest BCUT2D eigenvalue weighted by atomic mass is 35.5. The van der Waals surface area contributed by atoms with E-state index in [0.717, 1.165) is 25.7 Å². The van der Waals surface area contributed by atoms with Crippen molar-refractivity contribution in [1.82, 2.24) is 15.3 Å². The number of imidazole rings is 1. The van der Waals surface area contributed by atoms with E-state index in [1.807, 2.05) is 0 Å². The van der Waals surface area contributed by atoms with Crippen molar-refractivity contribution < 1.29 is 9.18 Å². The average Bonchev–Trinajstić information content (AvgIpc) is 2.86. The summed E-state index contributed by atoms with van der Waals surface area (Å²) >= 11 is 0. The number of H-pyrrole nitrogens is 1. The number of hydrogen-bond donors (Lipinski definition) is 3. The lowest BCUT2D eigenvalue weighted by molar-refractivity contribution is -0.126. The van der Waals surface area contributed by atoms with Crippen LogP contribution in [-0.2, 0) is 11.3 Å². The summed E-state index contributed by atoms with van der Waals surface area (Å²) in [4.78, 5) is 19.5. The van der Waals surface area contributed by atoms with E-state index >= 15 is 0 Å². The third-order valence-corrected chi connectivity index (χ3v) is 4.01. The van der Waals surface area contributed by atoms with Crippen molar-refractivity contribution in [3.63, 3.8) is 0 Å². The van der Waals surface area contributed by atoms with Crippen LogP contribution in [0.1, 0.15) is 31.5 Å². The van der Waals surface area contributed by atoms with Crippen molar-refractivity contribution in [3.8, 4) is 0 Å². The first kappa shape index (κ1) is 19.7. The van der Waals surface area contributed by atoms with Gasteiger partial charge < -0.3 is 16.0 Å². The number of amides is 1. The largest absolute Gasteiger partial charge is 0.349 e. The zero-order valence-electron chi connectivity index (χ0n) is 12.5. The number of halogens is 3. The first-order valence-corrected chi connectivity index (χ1v) is 7.29. The Labute approximate surface area is 146 Å². The van der Waals surface area contributed by atoms with Gasteiger partial charge in [-0.2, -0.15) is 0 Å². The number of nitrogens with zero attached hydrogens (tertiary/aromatic N) is 1. The highest BCUT2D eigenvalue weighted by Gasteiger charge is 2.25. The molecule has 0 aliphatic heterocycles. The highest BCUT2D eigenvalue weighted by Crippen LogP contribution is 2.23. The van der Waals surface area contributed by atoms with Crippen LogP contribution < -0.4 is 11.1 Å². The number of rotatable bonds is 3. The third-order valence-electron chi connectivity index (χ3n) is 4.01. The summed E-state index contributed by atoms with van der Waals surface area (Å²) in [5.74, 6) is 0.342. The number of nitrogens with one attached hydrogen (secondary N) is 2. The number of aromatic amines is 1. The molecule has 3 rings (SSSR count). The van der Waals surface area contributed by atoms with Gasteiger partial charge in [-0.3, -0.25) is 4.79 Å². The molecule has 0 radical (unpaired) electrons. The second-order valence-electron chi connectivity index (χ2n) is 5.69. The molecule has 23 heavy (non-hydrogen) atoms. The molecular formula is C15H21Cl2FN4O. The molecule has 2 unspecified atom stereocenters. The number of aromatic nitrogens is 2. The molecule has 0 bridgehead atoms. The van der Waals surface area contributed by atoms with Gasteiger partial charge in [0.25, 0.3) is 0 Å². The van der Waals surface area contributed by atoms with Gasteiger partial charge in [0.2, 0.25) is 5.91 Å². The highest BCUT2D eigenvalue weighted by molar-refractivity contribution is 5.85. The van der Waals surface area contributed by atoms with Crippen LogP contribution in [0, 0.1) is 11.7 Å². The van der Waals surface area contributed by atoms with E-state index in [2.05, 4.69) is 15.3 Å². The molecule has 1 aromatic heterocycles. The topological polar surface area (TPSA) is 83.8 Å². The predicted molar refractivity (Wildman–Crippen MR) is 92.3 cm³/mol. The number of carbonyl (C=O) groups is 1. The van der Waals surface area contributed by atoms with Crippen LogP contribution in [0.2, 0.25) is 0 Å². The van der Waals surface area contributed by atoms with Gasteiger partial charge in [-0.1, -0.05) is 6.42 Å². The van der Waals surface area contributed by atoms with Gasteiger partial charge in [0.05, 0.1) is 17.6 Å². The average molecular weight is 363 g/mol. The second-order valence-corrected chi connectivity index (χ2v) is 5.69. The minimum Gasteiger partial charge on any atom is -0.349 e. The van der Waals surface area contributed by atoms with Crippen molar-refractivity contribution in [3.05, 3.63) is 29.8 Å². The molecule has 0 saturated heterocycles. The number of fused-ring (bicyclic) bond motifs is 1. The second kappa shape index (κ2) is 8.47. The van der Waals surface area contributed by atoms with Crippen molar-refractivity contribution >= 4 is 41.8 Å². The van der Waals surface area contributed by atoms with Crippen LogP contribution >= 0.6 is 24.8 Å². The van der Waals surface area contributed by atoms with E-state index < -0.39 is 0 Å². The van der Waals surface area contributed by atoms with E-state index in [-0.39, 0.29) is 48.5 Å². The van der Waals surface area contributed by atoms with Crippen LogP contribution in [0.5, 0.6) is 0 Å². The molecule has 0 spiro atoms. The predicted octanol–water partition coefficient (Wildman–Crippen LogP) is 2.68. The Morgan fingerprint density at radius 3 is 2.91 bits per heavy atom. The number of nitrogens with two attached hydrogens (primary N) is 1. The smallest absolute Gasteiger partial charge is 0.223 e. The van der Waals surface area contributed by atoms with Crippen molar-refractivity contribution in [1.29, 1.82) is 0 Å². The molecule has 128 valence electrons. The number of benzene rings is 1. The van der Waals surface area contributed by atoms with Gasteiger partial charge >= 0.3 is 0 Å². The third kappa shape index (κ3) is 4.80. The van der Waals surface area contributed by atoms with Gasteiger partial charge in [0.15, 0.2) is 0 Å². The molecule has 1 amide bonds. The summed E-state index contributed by atoms with van der Waals surface area (Å²) in [6, 6.07) is 4.51. The van der Waals surface area contributed by atoms with Crippen LogP contribution in [0.25, 0.3) is 11.0 Å². The summed E-state index contributed by atoms with van der Waals surface area (Å²) in [6.07, 6.45) is 3.64. The molecule has 4 N–H and O–H groups in total. The van der Waals surface area contributed by atoms with Crippen LogP contribution in [0.4, 0.5) is 4.39 Å². The van der Waals surface area contributed by atoms with Gasteiger partial charge in [-0.05, 0) is 37.5 Å². The molecule has 1 heterocycles. The maximum atomic E-state index is 13.1. The molecule has 1 aliphatic rings. The minimum atomic E-state index is -0.307. The molecule has 5 nitrogen and oxygen atoms in total. The SMILES string of the molecule is Cl.Cl.NC1CCCC(C(=O)NCc2nc3ccc(F)cc3[nH]2)C1. The summed E-state index contributed by atoms with van der Waals surface area (Å²) < 4.78 is 13.1. The molecule has 2 aromatic rings. The normalized spacial score (nSPS) is 20.4. The van der Waals surface area contributed by atoms with E-state index in [4.69, 9.17) is 5.73 Å². The van der Waals surface area contributed by atoms with Crippen LogP contribution in [0.3, 0.4) is 0 Å². The first-order valence-electron chi connectivity index (χ1n) is 7.29. The standard InChI is InChI=1S/C15H19FN4O.2ClH/c16-10-4-5-12-13(7-10)20-14(19-12)8-18-15(21)9-2-1-3-11(17)6-9;;/h4-5,7,9,11H,1-3,6,8,17H2,(H,18,21)(H,19,20);2*1H. The maximum absolute atomic E-state index is 13.1. The van der Waals surface area contributed by atoms with Gasteiger partial charge in [0.1, 0.15) is 11.6 Å².